The van der Waals surface area contributed by atoms with Crippen LogP contribution in [0, 0.1) is 0 Å². The summed E-state index contributed by atoms with van der Waals surface area (Å²) in [5.41, 5.74) is 4.07. The van der Waals surface area contributed by atoms with Gasteiger partial charge in [0.25, 0.3) is 5.92 Å². The number of aromatic nitrogens is 3. The normalized spacial score (nSPS) is 23.2. The predicted molar refractivity (Wildman–Crippen MR) is 135 cm³/mol. The number of nitrogens with zero attached hydrogens (tertiary/aromatic N) is 4. The lowest BCUT2D eigenvalue weighted by molar-refractivity contribution is -0.133. The van der Waals surface area contributed by atoms with Crippen molar-refractivity contribution < 1.29 is 13.9 Å². The maximum Gasteiger partial charge on any atom is 0.272 e. The molecule has 3 heterocycles. The second-order valence-corrected chi connectivity index (χ2v) is 10.4. The smallest absolute Gasteiger partial charge is 0.272 e. The largest absolute Gasteiger partial charge is 0.393 e. The number of nitrogens with one attached hydrogen (secondary N) is 1. The molecule has 1 aliphatic heterocycles. The molecule has 6 nitrogen and oxygen atoms in total. The van der Waals surface area contributed by atoms with Gasteiger partial charge in [-0.15, -0.1) is 0 Å². The first kappa shape index (κ1) is 24.1. The Hall–Kier alpha value is -2.58. The quantitative estimate of drug-likeness (QED) is 0.435. The van der Waals surface area contributed by atoms with Gasteiger partial charge in [-0.2, -0.15) is 4.98 Å². The van der Waals surface area contributed by atoms with Crippen LogP contribution in [0.1, 0.15) is 64.0 Å². The zero-order valence-electron chi connectivity index (χ0n) is 20.6. The molecule has 188 valence electrons. The maximum absolute atomic E-state index is 13.2. The van der Waals surface area contributed by atoms with Gasteiger partial charge in [0.1, 0.15) is 5.65 Å². The van der Waals surface area contributed by atoms with E-state index in [-0.39, 0.29) is 25.2 Å². The monoisotopic (exact) mass is 483 g/mol. The van der Waals surface area contributed by atoms with Crippen LogP contribution < -0.4 is 5.32 Å². The molecule has 1 unspecified atom stereocenters. The van der Waals surface area contributed by atoms with Gasteiger partial charge in [0, 0.05) is 42.0 Å². The van der Waals surface area contributed by atoms with E-state index in [4.69, 9.17) is 4.98 Å². The van der Waals surface area contributed by atoms with Crippen molar-refractivity contribution in [3.8, 4) is 11.1 Å². The Morgan fingerprint density at radius 2 is 1.86 bits per heavy atom. The van der Waals surface area contributed by atoms with Gasteiger partial charge in [0.15, 0.2) is 0 Å². The molecule has 0 bridgehead atoms. The van der Waals surface area contributed by atoms with Crippen LogP contribution in [0.2, 0.25) is 0 Å². The summed E-state index contributed by atoms with van der Waals surface area (Å²) in [6, 6.07) is 8.75. The molecule has 1 saturated carbocycles. The Labute approximate surface area is 205 Å². The first-order valence-electron chi connectivity index (χ1n) is 12.8. The van der Waals surface area contributed by atoms with Crippen molar-refractivity contribution in [2.24, 2.45) is 0 Å². The molecule has 35 heavy (non-hydrogen) atoms. The molecular weight excluding hydrogens is 448 g/mol. The fourth-order valence-corrected chi connectivity index (χ4v) is 5.44. The van der Waals surface area contributed by atoms with E-state index in [1.807, 2.05) is 18.3 Å². The highest BCUT2D eigenvalue weighted by Crippen LogP contribution is 2.37. The fraction of sp³-hybridized carbons (Fsp3) is 0.556. The number of halogens is 2. The van der Waals surface area contributed by atoms with Gasteiger partial charge < -0.3 is 15.0 Å². The molecule has 1 atom stereocenters. The molecule has 2 fully saturated rings. The number of fused-ring (bicyclic) bond motifs is 1. The molecule has 2 N–H and O–H groups in total. The Balaban J connectivity index is 1.44. The van der Waals surface area contributed by atoms with E-state index < -0.39 is 5.92 Å². The van der Waals surface area contributed by atoms with E-state index >= 15 is 0 Å². The Bertz CT molecular complexity index is 1150. The van der Waals surface area contributed by atoms with Crippen molar-refractivity contribution in [2.45, 2.75) is 83.0 Å². The van der Waals surface area contributed by atoms with E-state index in [9.17, 15) is 13.9 Å². The average Bonchev–Trinajstić information content (AvgIpc) is 3.18. The van der Waals surface area contributed by atoms with E-state index in [2.05, 4.69) is 47.0 Å². The van der Waals surface area contributed by atoms with E-state index in [0.717, 1.165) is 66.2 Å². The molecule has 0 radical (unpaired) electrons. The molecular formula is C27H35F2N5O. The van der Waals surface area contributed by atoms with Crippen LogP contribution in [-0.2, 0) is 6.54 Å². The van der Waals surface area contributed by atoms with Crippen LogP contribution in [-0.4, -0.2) is 55.7 Å². The first-order chi connectivity index (χ1) is 16.8. The van der Waals surface area contributed by atoms with Gasteiger partial charge in [0.05, 0.1) is 19.2 Å². The number of likely N-dealkylation sites (tertiary alicyclic amines) is 1. The van der Waals surface area contributed by atoms with Gasteiger partial charge >= 0.3 is 0 Å². The van der Waals surface area contributed by atoms with Crippen LogP contribution in [0.4, 0.5) is 14.7 Å². The van der Waals surface area contributed by atoms with E-state index in [1.165, 1.54) is 0 Å². The highest BCUT2D eigenvalue weighted by atomic mass is 19.3. The SMILES string of the molecule is CCCC(C)Nc1ncc2c(-c3ccc(CN4CC(F)(F)C4)cc3)cn([C@H]3CC[C@H](O)CC3)c2n1. The predicted octanol–water partition coefficient (Wildman–Crippen LogP) is 5.63. The standard InChI is InChI=1S/C27H35F2N5O/c1-3-4-18(2)31-26-30-13-23-24(15-34(25(23)32-26)21-9-11-22(35)12-10-21)20-7-5-19(6-8-20)14-33-16-27(28,29)17-33/h5-8,13,15,18,21-22,35H,3-4,9-12,14,16-17H2,1-2H3,(H,30,31,32)/t18?,21-,22-. The van der Waals surface area contributed by atoms with Crippen molar-refractivity contribution in [1.82, 2.24) is 19.4 Å². The molecule has 0 amide bonds. The van der Waals surface area contributed by atoms with Crippen molar-refractivity contribution >= 4 is 17.0 Å². The Morgan fingerprint density at radius 1 is 1.14 bits per heavy atom. The molecule has 1 aliphatic carbocycles. The summed E-state index contributed by atoms with van der Waals surface area (Å²) in [6.07, 6.45) is 9.45. The van der Waals surface area contributed by atoms with Crippen LogP contribution in [0.5, 0.6) is 0 Å². The second kappa shape index (κ2) is 9.82. The van der Waals surface area contributed by atoms with Crippen LogP contribution in [0.3, 0.4) is 0 Å². The minimum atomic E-state index is -2.54. The number of rotatable bonds is 8. The van der Waals surface area contributed by atoms with Crippen molar-refractivity contribution in [2.75, 3.05) is 18.4 Å². The van der Waals surface area contributed by atoms with Crippen molar-refractivity contribution in [3.63, 3.8) is 0 Å². The molecule has 3 aromatic rings. The molecule has 2 aromatic heterocycles. The topological polar surface area (TPSA) is 66.2 Å². The van der Waals surface area contributed by atoms with E-state index in [0.29, 0.717) is 18.5 Å². The van der Waals surface area contributed by atoms with Gasteiger partial charge in [0.2, 0.25) is 5.95 Å². The second-order valence-electron chi connectivity index (χ2n) is 10.4. The summed E-state index contributed by atoms with van der Waals surface area (Å²) in [4.78, 5) is 11.3. The van der Waals surface area contributed by atoms with Crippen molar-refractivity contribution in [3.05, 3.63) is 42.2 Å². The number of anilines is 1. The molecule has 2 aliphatic rings. The number of alkyl halides is 2. The third-order valence-corrected chi connectivity index (χ3v) is 7.31. The zero-order chi connectivity index (χ0) is 24.6. The lowest BCUT2D eigenvalue weighted by atomic mass is 9.93. The molecule has 0 spiro atoms. The molecule has 8 heteroatoms. The zero-order valence-corrected chi connectivity index (χ0v) is 20.6. The molecule has 1 aromatic carbocycles. The molecule has 5 rings (SSSR count). The van der Waals surface area contributed by atoms with Gasteiger partial charge in [-0.3, -0.25) is 4.90 Å². The Kier molecular flexibility index (Phi) is 6.77. The summed E-state index contributed by atoms with van der Waals surface area (Å²) >= 11 is 0. The van der Waals surface area contributed by atoms with Gasteiger partial charge in [-0.25, -0.2) is 13.8 Å². The minimum absolute atomic E-state index is 0.164. The lowest BCUT2D eigenvalue weighted by Gasteiger charge is -2.38. The summed E-state index contributed by atoms with van der Waals surface area (Å²) in [6.45, 7) is 4.52. The van der Waals surface area contributed by atoms with E-state index in [1.54, 1.807) is 4.90 Å². The average molecular weight is 484 g/mol. The van der Waals surface area contributed by atoms with Crippen molar-refractivity contribution in [1.29, 1.82) is 0 Å². The number of hydrogen-bond acceptors (Lipinski definition) is 5. The highest BCUT2D eigenvalue weighted by molar-refractivity contribution is 5.94. The lowest BCUT2D eigenvalue weighted by Crippen LogP contribution is -2.55. The van der Waals surface area contributed by atoms with Gasteiger partial charge in [-0.05, 0) is 50.2 Å². The van der Waals surface area contributed by atoms with Gasteiger partial charge in [-0.1, -0.05) is 37.6 Å². The van der Waals surface area contributed by atoms with Crippen LogP contribution in [0.25, 0.3) is 22.2 Å². The summed E-state index contributed by atoms with van der Waals surface area (Å²) in [7, 11) is 0. The third-order valence-electron chi connectivity index (χ3n) is 7.31. The fourth-order valence-electron chi connectivity index (χ4n) is 5.44. The number of hydrogen-bond donors (Lipinski definition) is 2. The maximum atomic E-state index is 13.2. The van der Waals surface area contributed by atoms with Crippen LogP contribution in [0.15, 0.2) is 36.7 Å². The first-order valence-corrected chi connectivity index (χ1v) is 12.8. The summed E-state index contributed by atoms with van der Waals surface area (Å²) < 4.78 is 28.6. The number of benzene rings is 1. The van der Waals surface area contributed by atoms with Crippen LogP contribution >= 0.6 is 0 Å². The number of aliphatic hydroxyl groups is 1. The summed E-state index contributed by atoms with van der Waals surface area (Å²) in [5, 5.41) is 14.4. The molecule has 1 saturated heterocycles. The minimum Gasteiger partial charge on any atom is -0.393 e. The highest BCUT2D eigenvalue weighted by Gasteiger charge is 2.43. The number of aliphatic hydroxyl groups excluding tert-OH is 1. The third kappa shape index (κ3) is 5.33. The summed E-state index contributed by atoms with van der Waals surface area (Å²) in [5.74, 6) is -1.90. The Morgan fingerprint density at radius 3 is 2.51 bits per heavy atom.